The Morgan fingerprint density at radius 2 is 2.22 bits per heavy atom. The van der Waals surface area contributed by atoms with Crippen LogP contribution in [0, 0.1) is 0 Å². The van der Waals surface area contributed by atoms with E-state index in [1.165, 1.54) is 6.42 Å². The number of aliphatic imine (C=N–C) groups is 1. The van der Waals surface area contributed by atoms with Gasteiger partial charge in [-0.2, -0.15) is 0 Å². The first-order chi connectivity index (χ1) is 8.83. The largest absolute Gasteiger partial charge is 0.492 e. The van der Waals surface area contributed by atoms with Crippen molar-refractivity contribution in [3.8, 4) is 5.75 Å². The molecule has 1 atom stereocenters. The first-order valence-electron chi connectivity index (χ1n) is 6.53. The normalized spacial score (nSPS) is 19.2. The number of ether oxygens (including phenoxy) is 1. The van der Waals surface area contributed by atoms with E-state index in [9.17, 15) is 0 Å². The van der Waals surface area contributed by atoms with Gasteiger partial charge in [-0.05, 0) is 31.9 Å². The minimum absolute atomic E-state index is 0.466. The monoisotopic (exact) mass is 264 g/mol. The SMILES string of the molecule is CCOc1ccccc1NC1=NC(CC)CCS1. The van der Waals surface area contributed by atoms with Crippen LogP contribution in [0.2, 0.25) is 0 Å². The fraction of sp³-hybridized carbons (Fsp3) is 0.500. The van der Waals surface area contributed by atoms with Crippen LogP contribution in [-0.2, 0) is 0 Å². The van der Waals surface area contributed by atoms with Crippen LogP contribution in [0.25, 0.3) is 0 Å². The number of anilines is 1. The lowest BCUT2D eigenvalue weighted by Gasteiger charge is -2.20. The average molecular weight is 264 g/mol. The van der Waals surface area contributed by atoms with Crippen molar-refractivity contribution in [3.63, 3.8) is 0 Å². The fourth-order valence-corrected chi connectivity index (χ4v) is 2.88. The van der Waals surface area contributed by atoms with Gasteiger partial charge in [0, 0.05) is 5.75 Å². The average Bonchev–Trinajstić information content (AvgIpc) is 2.41. The molecule has 0 saturated heterocycles. The molecule has 98 valence electrons. The molecule has 1 aliphatic rings. The van der Waals surface area contributed by atoms with E-state index in [0.29, 0.717) is 12.6 Å². The standard InChI is InChI=1S/C14H20N2OS/c1-3-11-9-10-18-14(15-11)16-12-7-5-6-8-13(12)17-4-2/h5-8,11H,3-4,9-10H2,1-2H3,(H,15,16). The van der Waals surface area contributed by atoms with Gasteiger partial charge in [-0.15, -0.1) is 0 Å². The molecule has 1 unspecified atom stereocenters. The summed E-state index contributed by atoms with van der Waals surface area (Å²) in [5, 5.41) is 4.40. The molecule has 0 bridgehead atoms. The van der Waals surface area contributed by atoms with Crippen molar-refractivity contribution in [1.82, 2.24) is 0 Å². The van der Waals surface area contributed by atoms with Crippen LogP contribution in [-0.4, -0.2) is 23.6 Å². The Morgan fingerprint density at radius 3 is 3.00 bits per heavy atom. The van der Waals surface area contributed by atoms with Crippen molar-refractivity contribution in [2.45, 2.75) is 32.7 Å². The zero-order valence-corrected chi connectivity index (χ0v) is 11.8. The van der Waals surface area contributed by atoms with Crippen LogP contribution < -0.4 is 10.1 Å². The predicted octanol–water partition coefficient (Wildman–Crippen LogP) is 3.77. The minimum Gasteiger partial charge on any atom is -0.492 e. The highest BCUT2D eigenvalue weighted by Gasteiger charge is 2.15. The molecule has 1 aromatic carbocycles. The summed E-state index contributed by atoms with van der Waals surface area (Å²) in [5.41, 5.74) is 1.00. The number of hydrogen-bond donors (Lipinski definition) is 1. The lowest BCUT2D eigenvalue weighted by Crippen LogP contribution is -2.19. The van der Waals surface area contributed by atoms with Crippen molar-refractivity contribution in [2.75, 3.05) is 17.7 Å². The van der Waals surface area contributed by atoms with Crippen LogP contribution in [0.1, 0.15) is 26.7 Å². The molecule has 0 amide bonds. The number of para-hydroxylation sites is 2. The highest BCUT2D eigenvalue weighted by molar-refractivity contribution is 8.14. The van der Waals surface area contributed by atoms with Crippen molar-refractivity contribution in [1.29, 1.82) is 0 Å². The number of thioether (sulfide) groups is 1. The third kappa shape index (κ3) is 3.42. The van der Waals surface area contributed by atoms with Crippen LogP contribution in [0.15, 0.2) is 29.3 Å². The van der Waals surface area contributed by atoms with Crippen LogP contribution in [0.5, 0.6) is 5.75 Å². The number of amidine groups is 1. The molecule has 0 radical (unpaired) electrons. The van der Waals surface area contributed by atoms with Gasteiger partial charge in [0.25, 0.3) is 0 Å². The summed E-state index contributed by atoms with van der Waals surface area (Å²) in [6.45, 7) is 4.86. The highest BCUT2D eigenvalue weighted by atomic mass is 32.2. The van der Waals surface area contributed by atoms with E-state index in [1.807, 2.05) is 31.2 Å². The Balaban J connectivity index is 2.11. The molecule has 3 nitrogen and oxygen atoms in total. The van der Waals surface area contributed by atoms with Gasteiger partial charge in [0.05, 0.1) is 18.3 Å². The molecule has 4 heteroatoms. The van der Waals surface area contributed by atoms with Gasteiger partial charge < -0.3 is 10.1 Å². The summed E-state index contributed by atoms with van der Waals surface area (Å²) in [4.78, 5) is 4.71. The van der Waals surface area contributed by atoms with Crippen molar-refractivity contribution in [2.24, 2.45) is 4.99 Å². The number of hydrogen-bond acceptors (Lipinski definition) is 4. The molecule has 2 rings (SSSR count). The summed E-state index contributed by atoms with van der Waals surface area (Å²) < 4.78 is 5.60. The molecule has 1 N–H and O–H groups in total. The Labute approximate surface area is 113 Å². The summed E-state index contributed by atoms with van der Waals surface area (Å²) in [6.07, 6.45) is 2.29. The number of nitrogens with one attached hydrogen (secondary N) is 1. The molecule has 1 aliphatic heterocycles. The second kappa shape index (κ2) is 6.69. The van der Waals surface area contributed by atoms with Crippen LogP contribution in [0.4, 0.5) is 5.69 Å². The maximum atomic E-state index is 5.60. The van der Waals surface area contributed by atoms with Crippen molar-refractivity contribution in [3.05, 3.63) is 24.3 Å². The van der Waals surface area contributed by atoms with Gasteiger partial charge >= 0.3 is 0 Å². The fourth-order valence-electron chi connectivity index (χ4n) is 1.89. The lowest BCUT2D eigenvalue weighted by atomic mass is 10.2. The molecule has 0 aliphatic carbocycles. The Bertz CT molecular complexity index is 420. The Morgan fingerprint density at radius 1 is 1.39 bits per heavy atom. The van der Waals surface area contributed by atoms with E-state index >= 15 is 0 Å². The van der Waals surface area contributed by atoms with E-state index in [-0.39, 0.29) is 0 Å². The first kappa shape index (κ1) is 13.3. The topological polar surface area (TPSA) is 33.6 Å². The molecule has 1 heterocycles. The summed E-state index contributed by atoms with van der Waals surface area (Å²) in [5.74, 6) is 2.03. The maximum Gasteiger partial charge on any atom is 0.161 e. The van der Waals surface area contributed by atoms with Crippen LogP contribution in [0.3, 0.4) is 0 Å². The lowest BCUT2D eigenvalue weighted by molar-refractivity contribution is 0.342. The molecule has 1 aromatic rings. The molecule has 0 spiro atoms. The highest BCUT2D eigenvalue weighted by Crippen LogP contribution is 2.27. The van der Waals surface area contributed by atoms with Gasteiger partial charge in [-0.1, -0.05) is 30.8 Å². The quantitative estimate of drug-likeness (QED) is 0.898. The summed E-state index contributed by atoms with van der Waals surface area (Å²) in [6, 6.07) is 8.48. The molecule has 0 aromatic heterocycles. The predicted molar refractivity (Wildman–Crippen MR) is 79.8 cm³/mol. The molecular weight excluding hydrogens is 244 g/mol. The molecular formula is C14H20N2OS. The second-order valence-corrected chi connectivity index (χ2v) is 5.27. The van der Waals surface area contributed by atoms with Crippen molar-refractivity contribution < 1.29 is 4.74 Å². The van der Waals surface area contributed by atoms with E-state index < -0.39 is 0 Å². The van der Waals surface area contributed by atoms with E-state index in [1.54, 1.807) is 11.8 Å². The van der Waals surface area contributed by atoms with Gasteiger partial charge in [0.1, 0.15) is 5.75 Å². The second-order valence-electron chi connectivity index (χ2n) is 4.19. The first-order valence-corrected chi connectivity index (χ1v) is 7.51. The van der Waals surface area contributed by atoms with Crippen molar-refractivity contribution >= 4 is 22.6 Å². The maximum absolute atomic E-state index is 5.60. The number of rotatable bonds is 4. The van der Waals surface area contributed by atoms with Gasteiger partial charge in [0.15, 0.2) is 5.17 Å². The molecule has 18 heavy (non-hydrogen) atoms. The van der Waals surface area contributed by atoms with E-state index in [4.69, 9.17) is 9.73 Å². The number of nitrogens with zero attached hydrogens (tertiary/aromatic N) is 1. The summed E-state index contributed by atoms with van der Waals surface area (Å²) >= 11 is 1.79. The Hall–Kier alpha value is -1.16. The third-order valence-corrected chi connectivity index (χ3v) is 3.81. The molecule has 0 fully saturated rings. The van der Waals surface area contributed by atoms with E-state index in [0.717, 1.165) is 28.8 Å². The number of benzene rings is 1. The third-order valence-electron chi connectivity index (χ3n) is 2.89. The molecule has 0 saturated carbocycles. The van der Waals surface area contributed by atoms with Crippen LogP contribution >= 0.6 is 11.8 Å². The Kier molecular flexibility index (Phi) is 4.93. The summed E-state index contributed by atoms with van der Waals surface area (Å²) in [7, 11) is 0. The zero-order chi connectivity index (χ0) is 12.8. The zero-order valence-electron chi connectivity index (χ0n) is 11.0. The van der Waals surface area contributed by atoms with Gasteiger partial charge in [-0.3, -0.25) is 4.99 Å². The van der Waals surface area contributed by atoms with Gasteiger partial charge in [-0.25, -0.2) is 0 Å². The smallest absolute Gasteiger partial charge is 0.161 e. The minimum atomic E-state index is 0.466. The van der Waals surface area contributed by atoms with Gasteiger partial charge in [0.2, 0.25) is 0 Å². The van der Waals surface area contributed by atoms with E-state index in [2.05, 4.69) is 12.2 Å².